The number of aliphatic hydroxyl groups excluding tert-OH is 2. The van der Waals surface area contributed by atoms with E-state index in [9.17, 15) is 5.11 Å². The second kappa shape index (κ2) is 4.66. The fourth-order valence-corrected chi connectivity index (χ4v) is 1.28. The molecule has 0 aromatic heterocycles. The molecule has 0 aromatic carbocycles. The monoisotopic (exact) mass is 186 g/mol. The Morgan fingerprint density at radius 1 is 1.25 bits per heavy atom. The van der Waals surface area contributed by atoms with Gasteiger partial charge in [-0.2, -0.15) is 0 Å². The van der Waals surface area contributed by atoms with Crippen LogP contribution in [0.4, 0.5) is 0 Å². The average molecular weight is 186 g/mol. The summed E-state index contributed by atoms with van der Waals surface area (Å²) in [5.74, 6) is 2.76. The molecule has 0 aliphatic heterocycles. The lowest BCUT2D eigenvalue weighted by atomic mass is 10.2. The second-order valence-corrected chi connectivity index (χ2v) is 8.87. The van der Waals surface area contributed by atoms with Gasteiger partial charge in [0, 0.05) is 6.42 Å². The van der Waals surface area contributed by atoms with Crippen LogP contribution < -0.4 is 0 Å². The van der Waals surface area contributed by atoms with E-state index in [0.717, 1.165) is 0 Å². The Kier molecular flexibility index (Phi) is 4.54. The molecule has 3 heteroatoms. The van der Waals surface area contributed by atoms with Crippen LogP contribution in [0, 0.1) is 11.5 Å². The van der Waals surface area contributed by atoms with E-state index in [2.05, 4.69) is 31.1 Å². The topological polar surface area (TPSA) is 40.5 Å². The largest absolute Gasteiger partial charge is 0.393 e. The molecule has 2 atom stereocenters. The Hall–Kier alpha value is -0.303. The van der Waals surface area contributed by atoms with Crippen LogP contribution in [0.25, 0.3) is 0 Å². The third-order valence-electron chi connectivity index (χ3n) is 1.18. The third kappa shape index (κ3) is 7.80. The number of rotatable bonds is 2. The van der Waals surface area contributed by atoms with Gasteiger partial charge in [-0.25, -0.2) is 0 Å². The van der Waals surface area contributed by atoms with E-state index in [1.807, 2.05) is 0 Å². The molecule has 2 N–H and O–H groups in total. The predicted octanol–water partition coefficient (Wildman–Crippen LogP) is 0.999. The highest BCUT2D eigenvalue weighted by Crippen LogP contribution is 1.99. The fourth-order valence-electron chi connectivity index (χ4n) is 0.682. The SMILES string of the molecule is CC(O)CC(O)C#C[Si](C)(C)C. The van der Waals surface area contributed by atoms with Crippen molar-refractivity contribution in [2.45, 2.75) is 45.2 Å². The second-order valence-electron chi connectivity index (χ2n) is 4.12. The Labute approximate surface area is 75.6 Å². The van der Waals surface area contributed by atoms with Crippen LogP contribution in [0.3, 0.4) is 0 Å². The van der Waals surface area contributed by atoms with E-state index in [1.54, 1.807) is 6.92 Å². The predicted molar refractivity (Wildman–Crippen MR) is 53.4 cm³/mol. The number of hydrogen-bond donors (Lipinski definition) is 2. The first-order chi connectivity index (χ1) is 5.31. The molecular weight excluding hydrogens is 168 g/mol. The zero-order chi connectivity index (χ0) is 9.78. The Morgan fingerprint density at radius 3 is 2.08 bits per heavy atom. The molecule has 0 bridgehead atoms. The average Bonchev–Trinajstić information content (AvgIpc) is 1.80. The van der Waals surface area contributed by atoms with E-state index >= 15 is 0 Å². The van der Waals surface area contributed by atoms with Crippen LogP contribution in [0.5, 0.6) is 0 Å². The van der Waals surface area contributed by atoms with Gasteiger partial charge < -0.3 is 10.2 Å². The number of hydrogen-bond acceptors (Lipinski definition) is 2. The van der Waals surface area contributed by atoms with E-state index in [1.165, 1.54) is 0 Å². The summed E-state index contributed by atoms with van der Waals surface area (Å²) in [4.78, 5) is 0. The molecule has 12 heavy (non-hydrogen) atoms. The summed E-state index contributed by atoms with van der Waals surface area (Å²) in [6, 6.07) is 0. The van der Waals surface area contributed by atoms with Gasteiger partial charge in [-0.1, -0.05) is 25.6 Å². The fraction of sp³-hybridized carbons (Fsp3) is 0.778. The van der Waals surface area contributed by atoms with Gasteiger partial charge in [0.15, 0.2) is 0 Å². The maximum absolute atomic E-state index is 9.27. The summed E-state index contributed by atoms with van der Waals surface area (Å²) in [5, 5.41) is 18.2. The summed E-state index contributed by atoms with van der Waals surface area (Å²) in [6.45, 7) is 8.01. The van der Waals surface area contributed by atoms with Crippen molar-refractivity contribution in [3.63, 3.8) is 0 Å². The smallest absolute Gasteiger partial charge is 0.129 e. The maximum Gasteiger partial charge on any atom is 0.129 e. The zero-order valence-electron chi connectivity index (χ0n) is 8.26. The van der Waals surface area contributed by atoms with Gasteiger partial charge in [0.2, 0.25) is 0 Å². The Balaban J connectivity index is 3.96. The summed E-state index contributed by atoms with van der Waals surface area (Å²) >= 11 is 0. The van der Waals surface area contributed by atoms with E-state index in [-0.39, 0.29) is 0 Å². The Bertz CT molecular complexity index is 183. The van der Waals surface area contributed by atoms with Crippen LogP contribution in [0.2, 0.25) is 19.6 Å². The molecule has 0 radical (unpaired) electrons. The molecule has 0 aliphatic rings. The van der Waals surface area contributed by atoms with E-state index in [4.69, 9.17) is 5.11 Å². The maximum atomic E-state index is 9.27. The molecule has 0 aromatic rings. The van der Waals surface area contributed by atoms with Crippen molar-refractivity contribution in [2.24, 2.45) is 0 Å². The summed E-state index contributed by atoms with van der Waals surface area (Å²) in [7, 11) is -1.37. The molecular formula is C9H18O2Si. The van der Waals surface area contributed by atoms with Gasteiger partial charge in [-0.05, 0) is 6.92 Å². The summed E-state index contributed by atoms with van der Waals surface area (Å²) < 4.78 is 0. The van der Waals surface area contributed by atoms with Crippen molar-refractivity contribution < 1.29 is 10.2 Å². The van der Waals surface area contributed by atoms with Gasteiger partial charge in [0.1, 0.15) is 14.2 Å². The van der Waals surface area contributed by atoms with Crippen molar-refractivity contribution in [1.29, 1.82) is 0 Å². The molecule has 0 aliphatic carbocycles. The molecule has 2 nitrogen and oxygen atoms in total. The van der Waals surface area contributed by atoms with Crippen LogP contribution in [0.15, 0.2) is 0 Å². The Morgan fingerprint density at radius 2 is 1.75 bits per heavy atom. The van der Waals surface area contributed by atoms with Crippen LogP contribution in [0.1, 0.15) is 13.3 Å². The quantitative estimate of drug-likeness (QED) is 0.499. The van der Waals surface area contributed by atoms with Gasteiger partial charge in [0.05, 0.1) is 6.10 Å². The minimum Gasteiger partial charge on any atom is -0.393 e. The van der Waals surface area contributed by atoms with Crippen LogP contribution in [-0.4, -0.2) is 30.5 Å². The number of aliphatic hydroxyl groups is 2. The van der Waals surface area contributed by atoms with Crippen molar-refractivity contribution in [3.8, 4) is 11.5 Å². The first kappa shape index (κ1) is 11.7. The lowest BCUT2D eigenvalue weighted by Crippen LogP contribution is -2.19. The molecule has 2 unspecified atom stereocenters. The van der Waals surface area contributed by atoms with Gasteiger partial charge in [-0.3, -0.25) is 0 Å². The van der Waals surface area contributed by atoms with Crippen LogP contribution >= 0.6 is 0 Å². The minimum absolute atomic E-state index is 0.345. The highest BCUT2D eigenvalue weighted by Gasteiger charge is 2.09. The van der Waals surface area contributed by atoms with Crippen molar-refractivity contribution in [3.05, 3.63) is 0 Å². The summed E-state index contributed by atoms with van der Waals surface area (Å²) in [5.41, 5.74) is 3.05. The van der Waals surface area contributed by atoms with Crippen molar-refractivity contribution >= 4 is 8.07 Å². The minimum atomic E-state index is -1.37. The molecule has 0 amide bonds. The lowest BCUT2D eigenvalue weighted by molar-refractivity contribution is 0.121. The first-order valence-corrected chi connectivity index (χ1v) is 7.70. The molecule has 70 valence electrons. The van der Waals surface area contributed by atoms with Gasteiger partial charge in [0.25, 0.3) is 0 Å². The highest BCUT2D eigenvalue weighted by molar-refractivity contribution is 6.83. The van der Waals surface area contributed by atoms with Gasteiger partial charge >= 0.3 is 0 Å². The van der Waals surface area contributed by atoms with Crippen molar-refractivity contribution in [2.75, 3.05) is 0 Å². The van der Waals surface area contributed by atoms with Crippen molar-refractivity contribution in [1.82, 2.24) is 0 Å². The van der Waals surface area contributed by atoms with Crippen LogP contribution in [-0.2, 0) is 0 Å². The normalized spacial score (nSPS) is 16.2. The lowest BCUT2D eigenvalue weighted by Gasteiger charge is -2.07. The van der Waals surface area contributed by atoms with Gasteiger partial charge in [-0.15, -0.1) is 5.54 Å². The molecule has 0 saturated heterocycles. The molecule has 0 saturated carbocycles. The molecule has 0 spiro atoms. The highest BCUT2D eigenvalue weighted by atomic mass is 28.3. The standard InChI is InChI=1S/C9H18O2Si/c1-8(10)7-9(11)5-6-12(2,3)4/h8-11H,7H2,1-4H3. The molecule has 0 heterocycles. The first-order valence-electron chi connectivity index (χ1n) is 4.20. The third-order valence-corrected chi connectivity index (χ3v) is 2.07. The zero-order valence-corrected chi connectivity index (χ0v) is 9.26. The van der Waals surface area contributed by atoms with E-state index < -0.39 is 20.3 Å². The van der Waals surface area contributed by atoms with E-state index in [0.29, 0.717) is 6.42 Å². The summed E-state index contributed by atoms with van der Waals surface area (Å²) in [6.07, 6.45) is -0.801. The molecule has 0 rings (SSSR count). The molecule has 0 fully saturated rings.